The van der Waals surface area contributed by atoms with E-state index in [1.54, 1.807) is 6.07 Å². The van der Waals surface area contributed by atoms with Gasteiger partial charge in [-0.2, -0.15) is 9.57 Å². The first-order valence-corrected chi connectivity index (χ1v) is 6.87. The van der Waals surface area contributed by atoms with E-state index in [1.807, 2.05) is 0 Å². The fourth-order valence-electron chi connectivity index (χ4n) is 1.13. The van der Waals surface area contributed by atoms with Crippen LogP contribution in [0.15, 0.2) is 27.6 Å². The van der Waals surface area contributed by atoms with Gasteiger partial charge in [0.1, 0.15) is 10.9 Å². The lowest BCUT2D eigenvalue weighted by molar-refractivity contribution is 0.436. The second-order valence-electron chi connectivity index (χ2n) is 3.38. The van der Waals surface area contributed by atoms with Gasteiger partial charge in [0.2, 0.25) is 10.0 Å². The summed E-state index contributed by atoms with van der Waals surface area (Å²) in [4.78, 5) is -0.448. The van der Waals surface area contributed by atoms with Crippen LogP contribution in [0.3, 0.4) is 0 Å². The van der Waals surface area contributed by atoms with Crippen LogP contribution < -0.4 is 0 Å². The molecule has 0 bridgehead atoms. The van der Waals surface area contributed by atoms with E-state index in [-0.39, 0.29) is 4.47 Å². The molecule has 0 aliphatic heterocycles. The van der Waals surface area contributed by atoms with Crippen LogP contribution in [0.1, 0.15) is 6.92 Å². The maximum atomic E-state index is 13.7. The normalized spacial score (nSPS) is 13.4. The Bertz CT molecular complexity index is 568. The largest absolute Gasteiger partial charge is 0.246 e. The summed E-state index contributed by atoms with van der Waals surface area (Å²) in [5.74, 6) is -0.857. The lowest BCUT2D eigenvalue weighted by Gasteiger charge is -2.19. The van der Waals surface area contributed by atoms with Gasteiger partial charge >= 0.3 is 0 Å². The molecule has 0 radical (unpaired) electrons. The molecule has 0 amide bonds. The molecule has 1 aromatic rings. The number of hydrogen-bond acceptors (Lipinski definition) is 3. The average Bonchev–Trinajstić information content (AvgIpc) is 2.30. The zero-order chi connectivity index (χ0) is 13.2. The molecule has 0 fully saturated rings. The van der Waals surface area contributed by atoms with Crippen molar-refractivity contribution in [1.82, 2.24) is 4.31 Å². The van der Waals surface area contributed by atoms with Gasteiger partial charge < -0.3 is 0 Å². The van der Waals surface area contributed by atoms with Crippen molar-refractivity contribution in [2.75, 3.05) is 7.05 Å². The van der Waals surface area contributed by atoms with Crippen LogP contribution in [0.25, 0.3) is 0 Å². The van der Waals surface area contributed by atoms with Crippen molar-refractivity contribution in [2.45, 2.75) is 17.9 Å². The van der Waals surface area contributed by atoms with Crippen LogP contribution in [0.2, 0.25) is 0 Å². The van der Waals surface area contributed by atoms with Crippen LogP contribution in [-0.4, -0.2) is 25.8 Å². The van der Waals surface area contributed by atoms with E-state index < -0.39 is 26.8 Å². The number of rotatable bonds is 3. The zero-order valence-corrected chi connectivity index (χ0v) is 11.6. The number of sulfonamides is 1. The molecular formula is C10H10BrFN2O2S. The van der Waals surface area contributed by atoms with Gasteiger partial charge in [0.15, 0.2) is 5.82 Å². The highest BCUT2D eigenvalue weighted by molar-refractivity contribution is 9.10. The molecule has 0 spiro atoms. The number of benzene rings is 1. The highest BCUT2D eigenvalue weighted by Gasteiger charge is 2.28. The fourth-order valence-corrected chi connectivity index (χ4v) is 2.99. The minimum Gasteiger partial charge on any atom is -0.207 e. The van der Waals surface area contributed by atoms with Crippen LogP contribution in [-0.2, 0) is 10.0 Å². The van der Waals surface area contributed by atoms with Gasteiger partial charge in [-0.05, 0) is 35.0 Å². The first-order chi connectivity index (χ1) is 7.82. The molecule has 1 aromatic carbocycles. The molecular weight excluding hydrogens is 311 g/mol. The van der Waals surface area contributed by atoms with Gasteiger partial charge in [0.05, 0.1) is 10.5 Å². The first kappa shape index (κ1) is 14.1. The highest BCUT2D eigenvalue weighted by atomic mass is 79.9. The topological polar surface area (TPSA) is 61.2 Å². The third kappa shape index (κ3) is 2.65. The standard InChI is InChI=1S/C10H10BrFN2O2S/c1-7(6-13)14(2)17(15,16)9-5-3-4-8(11)10(9)12/h3-5,7H,1-2H3/t7-/m1/s1. The maximum absolute atomic E-state index is 13.7. The SMILES string of the molecule is C[C@H](C#N)N(C)S(=O)(=O)c1cccc(Br)c1F. The van der Waals surface area contributed by atoms with E-state index in [4.69, 9.17) is 5.26 Å². The molecule has 0 aromatic heterocycles. The van der Waals surface area contributed by atoms with Crippen LogP contribution >= 0.6 is 15.9 Å². The summed E-state index contributed by atoms with van der Waals surface area (Å²) in [6.07, 6.45) is 0. The van der Waals surface area contributed by atoms with Crippen LogP contribution in [0.4, 0.5) is 4.39 Å². The first-order valence-electron chi connectivity index (χ1n) is 4.64. The molecule has 0 saturated carbocycles. The summed E-state index contributed by atoms with van der Waals surface area (Å²) in [6.45, 7) is 1.42. The quantitative estimate of drug-likeness (QED) is 0.857. The van der Waals surface area contributed by atoms with Crippen molar-refractivity contribution in [3.8, 4) is 6.07 Å². The lowest BCUT2D eigenvalue weighted by Crippen LogP contribution is -2.34. The van der Waals surface area contributed by atoms with Crippen molar-refractivity contribution in [2.24, 2.45) is 0 Å². The molecule has 0 unspecified atom stereocenters. The summed E-state index contributed by atoms with van der Waals surface area (Å²) in [5, 5.41) is 8.68. The molecule has 92 valence electrons. The summed E-state index contributed by atoms with van der Waals surface area (Å²) in [5.41, 5.74) is 0. The molecule has 7 heteroatoms. The van der Waals surface area contributed by atoms with Crippen molar-refractivity contribution in [1.29, 1.82) is 5.26 Å². The summed E-state index contributed by atoms with van der Waals surface area (Å²) in [6, 6.07) is 4.91. The number of nitriles is 1. The Labute approximate surface area is 108 Å². The second kappa shape index (κ2) is 5.12. The van der Waals surface area contributed by atoms with Gasteiger partial charge in [-0.15, -0.1) is 0 Å². The Hall–Kier alpha value is -0.970. The average molecular weight is 321 g/mol. The van der Waals surface area contributed by atoms with Gasteiger partial charge in [0, 0.05) is 7.05 Å². The monoisotopic (exact) mass is 320 g/mol. The number of halogens is 2. The van der Waals surface area contributed by atoms with Gasteiger partial charge in [0.25, 0.3) is 0 Å². The Morgan fingerprint density at radius 1 is 1.53 bits per heavy atom. The third-order valence-corrected chi connectivity index (χ3v) is 4.86. The Morgan fingerprint density at radius 3 is 2.65 bits per heavy atom. The van der Waals surface area contributed by atoms with Crippen molar-refractivity contribution >= 4 is 26.0 Å². The predicted molar refractivity (Wildman–Crippen MR) is 64.1 cm³/mol. The highest BCUT2D eigenvalue weighted by Crippen LogP contribution is 2.25. The van der Waals surface area contributed by atoms with Crippen molar-refractivity contribution in [3.05, 3.63) is 28.5 Å². The Balaban J connectivity index is 3.33. The molecule has 0 saturated heterocycles. The summed E-state index contributed by atoms with van der Waals surface area (Å²) >= 11 is 2.92. The second-order valence-corrected chi connectivity index (χ2v) is 6.20. The van der Waals surface area contributed by atoms with Gasteiger partial charge in [-0.1, -0.05) is 6.07 Å². The Kier molecular flexibility index (Phi) is 4.25. The molecule has 0 heterocycles. The number of hydrogen-bond donors (Lipinski definition) is 0. The zero-order valence-electron chi connectivity index (χ0n) is 9.18. The van der Waals surface area contributed by atoms with Gasteiger partial charge in [-0.25, -0.2) is 12.8 Å². The molecule has 4 nitrogen and oxygen atoms in total. The molecule has 0 aliphatic rings. The molecule has 1 atom stereocenters. The lowest BCUT2D eigenvalue weighted by atomic mass is 10.3. The molecule has 17 heavy (non-hydrogen) atoms. The van der Waals surface area contributed by atoms with E-state index >= 15 is 0 Å². The van der Waals surface area contributed by atoms with Crippen molar-refractivity contribution < 1.29 is 12.8 Å². The third-order valence-electron chi connectivity index (χ3n) is 2.31. The predicted octanol–water partition coefficient (Wildman–Crippen LogP) is 2.12. The summed E-state index contributed by atoms with van der Waals surface area (Å²) in [7, 11) is -2.76. The maximum Gasteiger partial charge on any atom is 0.246 e. The minimum atomic E-state index is -4.00. The van der Waals surface area contributed by atoms with E-state index in [1.165, 1.54) is 26.1 Å². The van der Waals surface area contributed by atoms with Crippen LogP contribution in [0, 0.1) is 17.1 Å². The molecule has 0 N–H and O–H groups in total. The number of nitrogens with zero attached hydrogens (tertiary/aromatic N) is 2. The molecule has 1 rings (SSSR count). The fraction of sp³-hybridized carbons (Fsp3) is 0.300. The van der Waals surface area contributed by atoms with E-state index in [9.17, 15) is 12.8 Å². The minimum absolute atomic E-state index is 0.0663. The van der Waals surface area contributed by atoms with E-state index in [0.29, 0.717) is 0 Å². The van der Waals surface area contributed by atoms with Gasteiger partial charge in [-0.3, -0.25) is 0 Å². The molecule has 0 aliphatic carbocycles. The van der Waals surface area contributed by atoms with E-state index in [2.05, 4.69) is 15.9 Å². The van der Waals surface area contributed by atoms with Crippen molar-refractivity contribution in [3.63, 3.8) is 0 Å². The van der Waals surface area contributed by atoms with E-state index in [0.717, 1.165) is 10.4 Å². The summed E-state index contributed by atoms with van der Waals surface area (Å²) < 4.78 is 38.6. The Morgan fingerprint density at radius 2 is 2.12 bits per heavy atom. The smallest absolute Gasteiger partial charge is 0.207 e. The van der Waals surface area contributed by atoms with Crippen LogP contribution in [0.5, 0.6) is 0 Å².